The normalized spacial score (nSPS) is 8.82. The third-order valence-corrected chi connectivity index (χ3v) is 1.11. The van der Waals surface area contributed by atoms with Crippen molar-refractivity contribution in [1.82, 2.24) is 9.30 Å². The Morgan fingerprint density at radius 1 is 1.82 bits per heavy atom. The molecule has 0 spiro atoms. The summed E-state index contributed by atoms with van der Waals surface area (Å²) in [5, 5.41) is 3.49. The van der Waals surface area contributed by atoms with Crippen molar-refractivity contribution in [1.29, 1.82) is 0 Å². The smallest absolute Gasteiger partial charge is 0.264 e. The van der Waals surface area contributed by atoms with Crippen LogP contribution in [0.1, 0.15) is 10.5 Å². The minimum absolute atomic E-state index is 0.0170. The molecule has 56 valence electrons. The van der Waals surface area contributed by atoms with Gasteiger partial charge in [-0.05, 0) is 6.07 Å². The molecule has 11 heavy (non-hydrogen) atoms. The molecule has 1 heterocycles. The molecule has 0 unspecified atom stereocenters. The van der Waals surface area contributed by atoms with Crippen LogP contribution in [-0.2, 0) is 4.79 Å². The van der Waals surface area contributed by atoms with Crippen LogP contribution in [0.2, 0.25) is 0 Å². The summed E-state index contributed by atoms with van der Waals surface area (Å²) >= 11 is 5.32. The van der Waals surface area contributed by atoms with E-state index in [-0.39, 0.29) is 5.69 Å². The highest BCUT2D eigenvalue weighted by Gasteiger charge is 2.06. The van der Waals surface area contributed by atoms with E-state index in [1.54, 1.807) is 0 Å². The number of aromatic nitrogens is 2. The molecule has 0 saturated carbocycles. The Morgan fingerprint density at radius 2 is 2.55 bits per heavy atom. The van der Waals surface area contributed by atoms with Crippen molar-refractivity contribution in [2.75, 3.05) is 0 Å². The zero-order valence-corrected chi connectivity index (χ0v) is 5.95. The lowest BCUT2D eigenvalue weighted by Crippen LogP contribution is -1.95. The minimum Gasteiger partial charge on any atom is -0.264 e. The fourth-order valence-electron chi connectivity index (χ4n) is 0.514. The van der Waals surface area contributed by atoms with Gasteiger partial charge < -0.3 is 0 Å². The van der Waals surface area contributed by atoms with Crippen molar-refractivity contribution in [3.63, 3.8) is 0 Å². The molecule has 0 aliphatic rings. The van der Waals surface area contributed by atoms with E-state index in [4.69, 9.17) is 11.8 Å². The summed E-state index contributed by atoms with van der Waals surface area (Å²) in [4.78, 5) is 23.1. The molecule has 0 fully saturated rings. The summed E-state index contributed by atoms with van der Waals surface area (Å²) in [7, 11) is 0. The molecule has 0 aromatic carbocycles. The van der Waals surface area contributed by atoms with E-state index >= 15 is 0 Å². The summed E-state index contributed by atoms with van der Waals surface area (Å²) in [6, 6.07) is 1.34. The second-order valence-corrected chi connectivity index (χ2v) is 1.94. The topological polar surface area (TPSA) is 64.3 Å². The van der Waals surface area contributed by atoms with Crippen LogP contribution in [0.4, 0.5) is 0 Å². The number of carbonyl (C=O) groups excluding carboxylic acids is 2. The van der Waals surface area contributed by atoms with Gasteiger partial charge in [0.1, 0.15) is 0 Å². The van der Waals surface area contributed by atoms with E-state index in [9.17, 15) is 9.59 Å². The Hall–Kier alpha value is -1.45. The Labute approximate surface area is 66.4 Å². The molecule has 0 saturated heterocycles. The second kappa shape index (κ2) is 3.09. The van der Waals surface area contributed by atoms with Crippen LogP contribution < -0.4 is 0 Å². The largest absolute Gasteiger partial charge is 0.308 e. The van der Waals surface area contributed by atoms with Crippen LogP contribution in [0, 0.1) is 0 Å². The summed E-state index contributed by atoms with van der Waals surface area (Å²) in [6.07, 6.45) is 2.46. The SMILES string of the molecule is O=C=NC(=O)c1ccn(Cl)n1. The number of nitrogens with zero attached hydrogens (tertiary/aromatic N) is 3. The predicted molar refractivity (Wildman–Crippen MR) is 35.9 cm³/mol. The Balaban J connectivity index is 2.93. The quantitative estimate of drug-likeness (QED) is 0.453. The van der Waals surface area contributed by atoms with Gasteiger partial charge in [0.15, 0.2) is 5.69 Å². The van der Waals surface area contributed by atoms with Gasteiger partial charge in [0.05, 0.1) is 0 Å². The molecule has 1 aromatic rings. The lowest BCUT2D eigenvalue weighted by molar-refractivity contribution is 0.0998. The highest BCUT2D eigenvalue weighted by atomic mass is 35.5. The fourth-order valence-corrected chi connectivity index (χ4v) is 0.652. The van der Waals surface area contributed by atoms with Gasteiger partial charge in [-0.2, -0.15) is 9.30 Å². The summed E-state index contributed by atoms with van der Waals surface area (Å²) in [5.74, 6) is -0.751. The number of hydrogen-bond donors (Lipinski definition) is 0. The first-order valence-corrected chi connectivity index (χ1v) is 2.92. The number of rotatable bonds is 1. The molecule has 0 radical (unpaired) electrons. The van der Waals surface area contributed by atoms with Gasteiger partial charge in [0, 0.05) is 18.0 Å². The van der Waals surface area contributed by atoms with E-state index in [1.807, 2.05) is 0 Å². The number of amides is 1. The molecule has 0 bridgehead atoms. The zero-order valence-electron chi connectivity index (χ0n) is 5.19. The van der Waals surface area contributed by atoms with Crippen LogP contribution in [0.15, 0.2) is 17.3 Å². The Kier molecular flexibility index (Phi) is 2.15. The summed E-state index contributed by atoms with van der Waals surface area (Å²) in [5.41, 5.74) is 0.0170. The molecular weight excluding hydrogens is 170 g/mol. The van der Waals surface area contributed by atoms with Crippen molar-refractivity contribution in [2.24, 2.45) is 4.99 Å². The number of carbonyl (C=O) groups is 1. The maximum absolute atomic E-state index is 10.7. The molecule has 6 heteroatoms. The van der Waals surface area contributed by atoms with Crippen molar-refractivity contribution in [3.05, 3.63) is 18.0 Å². The van der Waals surface area contributed by atoms with Gasteiger partial charge in [0.2, 0.25) is 6.08 Å². The first-order valence-electron chi connectivity index (χ1n) is 2.58. The molecule has 5 nitrogen and oxygen atoms in total. The standard InChI is InChI=1S/C5H2ClN3O2/c6-9-2-1-4(8-9)5(11)7-3-10/h1-2H. The van der Waals surface area contributed by atoms with Gasteiger partial charge in [-0.15, -0.1) is 4.99 Å². The monoisotopic (exact) mass is 171 g/mol. The van der Waals surface area contributed by atoms with E-state index in [1.165, 1.54) is 12.3 Å². The van der Waals surface area contributed by atoms with Crippen LogP contribution in [0.25, 0.3) is 0 Å². The first kappa shape index (κ1) is 7.65. The fraction of sp³-hybridized carbons (Fsp3) is 0. The molecule has 0 atom stereocenters. The number of halogens is 1. The third kappa shape index (κ3) is 1.73. The van der Waals surface area contributed by atoms with Crippen molar-refractivity contribution in [3.8, 4) is 0 Å². The average Bonchev–Trinajstić information content (AvgIpc) is 2.36. The zero-order chi connectivity index (χ0) is 8.27. The van der Waals surface area contributed by atoms with Crippen molar-refractivity contribution in [2.45, 2.75) is 0 Å². The highest BCUT2D eigenvalue weighted by Crippen LogP contribution is 1.98. The molecule has 0 N–H and O–H groups in total. The Morgan fingerprint density at radius 3 is 3.00 bits per heavy atom. The highest BCUT2D eigenvalue weighted by molar-refractivity contribution is 6.14. The van der Waals surface area contributed by atoms with Crippen molar-refractivity contribution < 1.29 is 9.59 Å². The maximum atomic E-state index is 10.7. The second-order valence-electron chi connectivity index (χ2n) is 1.60. The van der Waals surface area contributed by atoms with E-state index < -0.39 is 5.91 Å². The van der Waals surface area contributed by atoms with Crippen LogP contribution in [0.5, 0.6) is 0 Å². The lowest BCUT2D eigenvalue weighted by atomic mass is 10.4. The van der Waals surface area contributed by atoms with Gasteiger partial charge in [-0.1, -0.05) is 0 Å². The summed E-state index contributed by atoms with van der Waals surface area (Å²) in [6.45, 7) is 0. The first-order chi connectivity index (χ1) is 5.24. The van der Waals surface area contributed by atoms with Crippen molar-refractivity contribution >= 4 is 23.8 Å². The maximum Gasteiger partial charge on any atom is 0.308 e. The van der Waals surface area contributed by atoms with Crippen LogP contribution in [-0.4, -0.2) is 21.3 Å². The number of isocyanates is 1. The van der Waals surface area contributed by atoms with Gasteiger partial charge in [-0.3, -0.25) is 4.79 Å². The lowest BCUT2D eigenvalue weighted by Gasteiger charge is -1.81. The van der Waals surface area contributed by atoms with Gasteiger partial charge in [0.25, 0.3) is 0 Å². The number of hydrogen-bond acceptors (Lipinski definition) is 3. The van der Waals surface area contributed by atoms with Gasteiger partial charge >= 0.3 is 5.91 Å². The number of aliphatic imine (C=N–C) groups is 1. The van der Waals surface area contributed by atoms with E-state index in [0.29, 0.717) is 0 Å². The van der Waals surface area contributed by atoms with Crippen LogP contribution in [0.3, 0.4) is 0 Å². The summed E-state index contributed by atoms with van der Waals surface area (Å²) < 4.78 is 0.924. The molecule has 1 aromatic heterocycles. The molecule has 0 aliphatic carbocycles. The third-order valence-electron chi connectivity index (χ3n) is 0.925. The van der Waals surface area contributed by atoms with E-state index in [0.717, 1.165) is 10.3 Å². The van der Waals surface area contributed by atoms with Gasteiger partial charge in [-0.25, -0.2) is 4.79 Å². The average molecular weight is 172 g/mol. The minimum atomic E-state index is -0.751. The van der Waals surface area contributed by atoms with Crippen LogP contribution >= 0.6 is 11.8 Å². The molecule has 1 amide bonds. The Bertz CT molecular complexity index is 326. The van der Waals surface area contributed by atoms with E-state index in [2.05, 4.69) is 10.1 Å². The molecule has 1 rings (SSSR count). The molecular formula is C5H2ClN3O2. The predicted octanol–water partition coefficient (Wildman–Crippen LogP) is 0.361. The molecule has 0 aliphatic heterocycles.